The molecule has 19 heavy (non-hydrogen) atoms. The minimum Gasteiger partial charge on any atom is -0.362 e. The molecule has 0 fully saturated rings. The molecular weight excluding hydrogens is 266 g/mol. The molecule has 0 atom stereocenters. The van der Waals surface area contributed by atoms with Crippen LogP contribution in [0, 0.1) is 23.0 Å². The van der Waals surface area contributed by atoms with Gasteiger partial charge in [-0.15, -0.1) is 11.3 Å². The van der Waals surface area contributed by atoms with Crippen LogP contribution in [0.5, 0.6) is 0 Å². The van der Waals surface area contributed by atoms with Gasteiger partial charge in [-0.3, -0.25) is 0 Å². The molecule has 1 aliphatic rings. The Morgan fingerprint density at radius 1 is 1.26 bits per heavy atom. The van der Waals surface area contributed by atoms with Gasteiger partial charge in [0.1, 0.15) is 5.69 Å². The number of benzene rings is 1. The Labute approximate surface area is 113 Å². The number of fused-ring (bicyclic) bond motifs is 1. The molecule has 0 spiro atoms. The number of nitriles is 1. The summed E-state index contributed by atoms with van der Waals surface area (Å²) in [5.74, 6) is -1.34. The van der Waals surface area contributed by atoms with Crippen LogP contribution in [0.4, 0.5) is 14.5 Å². The SMILES string of the molecule is N#Cc1cc(F)c(N2CCc3sccc3C2)c(F)c1. The molecule has 0 aliphatic carbocycles. The largest absolute Gasteiger partial charge is 0.362 e. The van der Waals surface area contributed by atoms with Gasteiger partial charge in [0.15, 0.2) is 11.6 Å². The molecule has 0 bridgehead atoms. The van der Waals surface area contributed by atoms with Gasteiger partial charge in [0, 0.05) is 18.0 Å². The fraction of sp³-hybridized carbons (Fsp3) is 0.214. The van der Waals surface area contributed by atoms with Gasteiger partial charge in [0.2, 0.25) is 0 Å². The van der Waals surface area contributed by atoms with Crippen LogP contribution in [-0.4, -0.2) is 6.54 Å². The molecule has 1 aromatic heterocycles. The van der Waals surface area contributed by atoms with Gasteiger partial charge in [-0.25, -0.2) is 8.78 Å². The predicted molar refractivity (Wildman–Crippen MR) is 70.1 cm³/mol. The highest BCUT2D eigenvalue weighted by Crippen LogP contribution is 2.31. The highest BCUT2D eigenvalue weighted by Gasteiger charge is 2.23. The topological polar surface area (TPSA) is 27.0 Å². The fourth-order valence-corrected chi connectivity index (χ4v) is 3.26. The Kier molecular flexibility index (Phi) is 2.96. The van der Waals surface area contributed by atoms with Crippen LogP contribution in [0.15, 0.2) is 23.6 Å². The van der Waals surface area contributed by atoms with E-state index in [0.717, 1.165) is 24.1 Å². The molecule has 2 nitrogen and oxygen atoms in total. The van der Waals surface area contributed by atoms with Crippen molar-refractivity contribution in [3.8, 4) is 6.07 Å². The van der Waals surface area contributed by atoms with E-state index in [2.05, 4.69) is 0 Å². The van der Waals surface area contributed by atoms with Crippen molar-refractivity contribution in [2.45, 2.75) is 13.0 Å². The summed E-state index contributed by atoms with van der Waals surface area (Å²) >= 11 is 1.68. The molecule has 0 saturated carbocycles. The highest BCUT2D eigenvalue weighted by atomic mass is 32.1. The van der Waals surface area contributed by atoms with Crippen molar-refractivity contribution in [1.29, 1.82) is 5.26 Å². The highest BCUT2D eigenvalue weighted by molar-refractivity contribution is 7.10. The van der Waals surface area contributed by atoms with Crippen molar-refractivity contribution < 1.29 is 8.78 Å². The van der Waals surface area contributed by atoms with Crippen molar-refractivity contribution in [1.82, 2.24) is 0 Å². The number of anilines is 1. The van der Waals surface area contributed by atoms with Crippen molar-refractivity contribution in [3.05, 3.63) is 51.2 Å². The zero-order valence-electron chi connectivity index (χ0n) is 9.99. The third kappa shape index (κ3) is 2.08. The van der Waals surface area contributed by atoms with Gasteiger partial charge in [0.25, 0.3) is 0 Å². The zero-order valence-corrected chi connectivity index (χ0v) is 10.8. The molecule has 0 unspecified atom stereocenters. The third-order valence-electron chi connectivity index (χ3n) is 3.27. The lowest BCUT2D eigenvalue weighted by Crippen LogP contribution is -2.31. The zero-order chi connectivity index (χ0) is 13.4. The molecule has 0 N–H and O–H groups in total. The van der Waals surface area contributed by atoms with Crippen LogP contribution in [0.1, 0.15) is 16.0 Å². The van der Waals surface area contributed by atoms with Crippen molar-refractivity contribution in [2.75, 3.05) is 11.4 Å². The van der Waals surface area contributed by atoms with Crippen LogP contribution in [0.3, 0.4) is 0 Å². The lowest BCUT2D eigenvalue weighted by molar-refractivity contribution is 0.564. The van der Waals surface area contributed by atoms with Gasteiger partial charge in [0.05, 0.1) is 11.6 Å². The minimum absolute atomic E-state index is 0.00646. The number of thiophene rings is 1. The third-order valence-corrected chi connectivity index (χ3v) is 4.29. The van der Waals surface area contributed by atoms with Gasteiger partial charge in [-0.05, 0) is 35.6 Å². The number of hydrogen-bond donors (Lipinski definition) is 0. The van der Waals surface area contributed by atoms with Crippen LogP contribution in [-0.2, 0) is 13.0 Å². The standard InChI is InChI=1S/C14H10F2N2S/c15-11-5-9(7-17)6-12(16)14(11)18-3-1-13-10(8-18)2-4-19-13/h2,4-6H,1,3,8H2. The first-order valence-corrected chi connectivity index (χ1v) is 6.76. The Morgan fingerprint density at radius 2 is 2.00 bits per heavy atom. The van der Waals surface area contributed by atoms with E-state index in [9.17, 15) is 8.78 Å². The Bertz CT molecular complexity index is 649. The maximum Gasteiger partial charge on any atom is 0.150 e. The Balaban J connectivity index is 1.98. The number of hydrogen-bond acceptors (Lipinski definition) is 3. The van der Waals surface area contributed by atoms with Crippen molar-refractivity contribution in [2.24, 2.45) is 0 Å². The summed E-state index contributed by atoms with van der Waals surface area (Å²) in [5, 5.41) is 10.7. The summed E-state index contributed by atoms with van der Waals surface area (Å²) in [5.41, 5.74) is 1.10. The van der Waals surface area contributed by atoms with Gasteiger partial charge < -0.3 is 4.90 Å². The van der Waals surface area contributed by atoms with E-state index in [1.807, 2.05) is 11.4 Å². The van der Waals surface area contributed by atoms with E-state index >= 15 is 0 Å². The normalized spacial score (nSPS) is 14.1. The van der Waals surface area contributed by atoms with Crippen molar-refractivity contribution in [3.63, 3.8) is 0 Å². The fourth-order valence-electron chi connectivity index (χ4n) is 2.37. The first-order chi connectivity index (χ1) is 9.19. The lowest BCUT2D eigenvalue weighted by Gasteiger charge is -2.29. The molecule has 3 rings (SSSR count). The van der Waals surface area contributed by atoms with Gasteiger partial charge >= 0.3 is 0 Å². The van der Waals surface area contributed by atoms with Gasteiger partial charge in [-0.1, -0.05) is 0 Å². The molecule has 0 saturated heterocycles. The molecule has 0 amide bonds. The van der Waals surface area contributed by atoms with E-state index in [0.29, 0.717) is 13.1 Å². The number of halogens is 2. The summed E-state index contributed by atoms with van der Waals surface area (Å²) in [6.07, 6.45) is 0.798. The Hall–Kier alpha value is -1.93. The summed E-state index contributed by atoms with van der Waals surface area (Å²) in [6, 6.07) is 5.91. The first-order valence-electron chi connectivity index (χ1n) is 5.88. The average molecular weight is 276 g/mol. The second-order valence-corrected chi connectivity index (χ2v) is 5.44. The van der Waals surface area contributed by atoms with Crippen LogP contribution in [0.25, 0.3) is 0 Å². The quantitative estimate of drug-likeness (QED) is 0.797. The summed E-state index contributed by atoms with van der Waals surface area (Å²) in [4.78, 5) is 2.98. The number of nitrogens with zero attached hydrogens (tertiary/aromatic N) is 2. The molecule has 2 aromatic rings. The Morgan fingerprint density at radius 3 is 2.68 bits per heavy atom. The van der Waals surface area contributed by atoms with E-state index in [-0.39, 0.29) is 11.3 Å². The molecule has 0 radical (unpaired) electrons. The van der Waals surface area contributed by atoms with Gasteiger partial charge in [-0.2, -0.15) is 5.26 Å². The number of rotatable bonds is 1. The van der Waals surface area contributed by atoms with Crippen LogP contribution in [0.2, 0.25) is 0 Å². The smallest absolute Gasteiger partial charge is 0.150 e. The predicted octanol–water partition coefficient (Wildman–Crippen LogP) is 3.46. The molecular formula is C14H10F2N2S. The summed E-state index contributed by atoms with van der Waals surface area (Å²) < 4.78 is 27.9. The summed E-state index contributed by atoms with van der Waals surface area (Å²) in [6.45, 7) is 1.10. The monoisotopic (exact) mass is 276 g/mol. The maximum atomic E-state index is 14.0. The molecule has 1 aromatic carbocycles. The summed E-state index contributed by atoms with van der Waals surface area (Å²) in [7, 11) is 0. The van der Waals surface area contributed by atoms with E-state index < -0.39 is 11.6 Å². The molecule has 5 heteroatoms. The second-order valence-electron chi connectivity index (χ2n) is 4.44. The minimum atomic E-state index is -0.671. The van der Waals surface area contributed by atoms with E-state index in [1.165, 1.54) is 4.88 Å². The molecule has 1 aliphatic heterocycles. The second kappa shape index (κ2) is 4.63. The molecule has 96 valence electrons. The lowest BCUT2D eigenvalue weighted by atomic mass is 10.1. The van der Waals surface area contributed by atoms with Crippen LogP contribution < -0.4 is 4.90 Å². The van der Waals surface area contributed by atoms with Crippen LogP contribution >= 0.6 is 11.3 Å². The van der Waals surface area contributed by atoms with E-state index in [4.69, 9.17) is 5.26 Å². The average Bonchev–Trinajstić information content (AvgIpc) is 2.85. The maximum absolute atomic E-state index is 14.0. The van der Waals surface area contributed by atoms with Crippen molar-refractivity contribution >= 4 is 17.0 Å². The van der Waals surface area contributed by atoms with E-state index in [1.54, 1.807) is 22.3 Å². The molecule has 2 heterocycles. The first kappa shape index (κ1) is 12.1.